The minimum absolute atomic E-state index is 0.127. The van der Waals surface area contributed by atoms with Crippen molar-refractivity contribution in [3.8, 4) is 0 Å². The molecular formula is C28H52NO5+. The van der Waals surface area contributed by atoms with Crippen molar-refractivity contribution < 1.29 is 28.6 Å². The molecule has 0 spiro atoms. The maximum Gasteiger partial charge on any atom is 0.305 e. The number of ether oxygens (including phenoxy) is 4. The van der Waals surface area contributed by atoms with Crippen LogP contribution in [0.2, 0.25) is 0 Å². The Morgan fingerprint density at radius 1 is 0.647 bits per heavy atom. The number of nitrogens with one attached hydrogen (secondary N) is 1. The van der Waals surface area contributed by atoms with Gasteiger partial charge in [0, 0.05) is 6.42 Å². The van der Waals surface area contributed by atoms with Crippen LogP contribution in [0.1, 0.15) is 71.1 Å². The van der Waals surface area contributed by atoms with Crippen molar-refractivity contribution in [2.75, 3.05) is 66.9 Å². The van der Waals surface area contributed by atoms with Gasteiger partial charge >= 0.3 is 5.97 Å². The second-order valence-corrected chi connectivity index (χ2v) is 8.62. The Morgan fingerprint density at radius 2 is 1.18 bits per heavy atom. The molecule has 0 aliphatic heterocycles. The van der Waals surface area contributed by atoms with Gasteiger partial charge in [0.15, 0.2) is 0 Å². The second kappa shape index (κ2) is 27.8. The van der Waals surface area contributed by atoms with Crippen LogP contribution in [0.25, 0.3) is 0 Å². The predicted molar refractivity (Wildman–Crippen MR) is 140 cm³/mol. The maximum absolute atomic E-state index is 11.7. The normalized spacial score (nSPS) is 12.1. The number of unbranched alkanes of at least 4 members (excludes halogenated alkanes) is 5. The lowest BCUT2D eigenvalue weighted by atomic mass is 10.1. The van der Waals surface area contributed by atoms with E-state index in [2.05, 4.69) is 57.5 Å². The van der Waals surface area contributed by atoms with Crippen molar-refractivity contribution in [2.24, 2.45) is 0 Å². The highest BCUT2D eigenvalue weighted by Crippen LogP contribution is 2.08. The first kappa shape index (κ1) is 32.5. The fourth-order valence-corrected chi connectivity index (χ4v) is 2.99. The summed E-state index contributed by atoms with van der Waals surface area (Å²) in [5.74, 6) is -0.127. The van der Waals surface area contributed by atoms with Gasteiger partial charge in [-0.3, -0.25) is 4.79 Å². The highest BCUT2D eigenvalue weighted by atomic mass is 16.6. The van der Waals surface area contributed by atoms with Crippen LogP contribution in [-0.4, -0.2) is 72.9 Å². The zero-order chi connectivity index (χ0) is 25.0. The molecule has 0 saturated carbocycles. The summed E-state index contributed by atoms with van der Waals surface area (Å²) in [4.78, 5) is 13.1. The first-order valence-electron chi connectivity index (χ1n) is 13.3. The molecule has 1 N–H and O–H groups in total. The van der Waals surface area contributed by atoms with Crippen molar-refractivity contribution in [3.05, 3.63) is 36.5 Å². The summed E-state index contributed by atoms with van der Waals surface area (Å²) in [6.45, 7) is 6.84. The van der Waals surface area contributed by atoms with Gasteiger partial charge < -0.3 is 23.8 Å². The summed E-state index contributed by atoms with van der Waals surface area (Å²) >= 11 is 0. The average Bonchev–Trinajstić information content (AvgIpc) is 2.82. The number of quaternary nitrogens is 1. The van der Waals surface area contributed by atoms with Gasteiger partial charge in [0.05, 0.1) is 53.7 Å². The Hall–Kier alpha value is -1.47. The Bertz CT molecular complexity index is 517. The first-order chi connectivity index (χ1) is 16.7. The minimum atomic E-state index is -0.127. The summed E-state index contributed by atoms with van der Waals surface area (Å²) < 4.78 is 21.5. The molecule has 0 fully saturated rings. The summed E-state index contributed by atoms with van der Waals surface area (Å²) in [6.07, 6.45) is 23.8. The van der Waals surface area contributed by atoms with Gasteiger partial charge in [0.1, 0.15) is 13.2 Å². The van der Waals surface area contributed by atoms with E-state index in [1.165, 1.54) is 24.2 Å². The maximum atomic E-state index is 11.7. The van der Waals surface area contributed by atoms with Crippen LogP contribution >= 0.6 is 0 Å². The van der Waals surface area contributed by atoms with E-state index in [0.29, 0.717) is 46.1 Å². The van der Waals surface area contributed by atoms with Crippen LogP contribution < -0.4 is 4.90 Å². The molecule has 0 aromatic carbocycles. The van der Waals surface area contributed by atoms with Crippen molar-refractivity contribution in [2.45, 2.75) is 71.1 Å². The first-order valence-corrected chi connectivity index (χ1v) is 13.3. The number of hydrogen-bond acceptors (Lipinski definition) is 5. The number of likely N-dealkylation sites (N-methyl/N-ethyl adjacent to an activating group) is 1. The third-order valence-electron chi connectivity index (χ3n) is 5.01. The lowest BCUT2D eigenvalue weighted by molar-refractivity contribution is -0.858. The molecule has 0 atom stereocenters. The number of esters is 1. The SMILES string of the molecule is CC/C=C\C/C=C\C/C=C\CCCCCCCC(=O)OCCOCCOCCOCC[NH+](C)C. The minimum Gasteiger partial charge on any atom is -0.463 e. The zero-order valence-corrected chi connectivity index (χ0v) is 22.2. The van der Waals surface area contributed by atoms with E-state index in [4.69, 9.17) is 18.9 Å². The number of allylic oxidation sites excluding steroid dienone is 6. The van der Waals surface area contributed by atoms with E-state index >= 15 is 0 Å². The molecule has 0 amide bonds. The molecule has 0 rings (SSSR count). The molecule has 34 heavy (non-hydrogen) atoms. The van der Waals surface area contributed by atoms with Crippen LogP contribution in [0.4, 0.5) is 0 Å². The number of carbonyl (C=O) groups excluding carboxylic acids is 1. The van der Waals surface area contributed by atoms with Gasteiger partial charge in [-0.05, 0) is 38.5 Å². The molecule has 0 aromatic heterocycles. The van der Waals surface area contributed by atoms with E-state index in [-0.39, 0.29) is 5.97 Å². The number of hydrogen-bond donors (Lipinski definition) is 1. The van der Waals surface area contributed by atoms with E-state index in [0.717, 1.165) is 51.7 Å². The van der Waals surface area contributed by atoms with E-state index in [9.17, 15) is 4.79 Å². The Balaban J connectivity index is 3.27. The monoisotopic (exact) mass is 482 g/mol. The molecular weight excluding hydrogens is 430 g/mol. The standard InChI is InChI=1S/C28H51NO5/c1-4-5-6-7-8-9-10-11-12-13-14-15-16-17-18-19-28(30)34-27-26-33-25-24-32-23-22-31-21-20-29(2)3/h5-6,8-9,11-12H,4,7,10,13-27H2,1-3H3/p+1/b6-5-,9-8-,12-11-. The molecule has 0 unspecified atom stereocenters. The molecule has 0 saturated heterocycles. The van der Waals surface area contributed by atoms with Gasteiger partial charge in [0.2, 0.25) is 0 Å². The van der Waals surface area contributed by atoms with Crippen LogP contribution in [0.5, 0.6) is 0 Å². The third kappa shape index (κ3) is 28.6. The molecule has 0 aliphatic carbocycles. The summed E-state index contributed by atoms with van der Waals surface area (Å²) in [5, 5.41) is 0. The smallest absolute Gasteiger partial charge is 0.305 e. The van der Waals surface area contributed by atoms with E-state index < -0.39 is 0 Å². The summed E-state index contributed by atoms with van der Waals surface area (Å²) in [7, 11) is 4.20. The molecule has 0 bridgehead atoms. The second-order valence-electron chi connectivity index (χ2n) is 8.62. The largest absolute Gasteiger partial charge is 0.463 e. The lowest BCUT2D eigenvalue weighted by Crippen LogP contribution is -3.06. The van der Waals surface area contributed by atoms with E-state index in [1.807, 2.05) is 0 Å². The van der Waals surface area contributed by atoms with Crippen LogP contribution in [0, 0.1) is 0 Å². The van der Waals surface area contributed by atoms with Gasteiger partial charge in [-0.1, -0.05) is 62.6 Å². The number of carbonyl (C=O) groups is 1. The third-order valence-corrected chi connectivity index (χ3v) is 5.01. The molecule has 0 heterocycles. The van der Waals surface area contributed by atoms with Crippen LogP contribution in [-0.2, 0) is 23.7 Å². The highest BCUT2D eigenvalue weighted by molar-refractivity contribution is 5.69. The summed E-state index contributed by atoms with van der Waals surface area (Å²) in [6, 6.07) is 0. The van der Waals surface area contributed by atoms with Crippen molar-refractivity contribution in [1.29, 1.82) is 0 Å². The molecule has 6 heteroatoms. The molecule has 198 valence electrons. The zero-order valence-electron chi connectivity index (χ0n) is 22.2. The van der Waals surface area contributed by atoms with Gasteiger partial charge in [0.25, 0.3) is 0 Å². The topological polar surface area (TPSA) is 58.4 Å². The lowest BCUT2D eigenvalue weighted by Gasteiger charge is -2.09. The molecule has 0 aromatic rings. The van der Waals surface area contributed by atoms with Gasteiger partial charge in [-0.25, -0.2) is 0 Å². The fraction of sp³-hybridized carbons (Fsp3) is 0.750. The fourth-order valence-electron chi connectivity index (χ4n) is 2.99. The Labute approximate surface area is 209 Å². The highest BCUT2D eigenvalue weighted by Gasteiger charge is 2.02. The van der Waals surface area contributed by atoms with Gasteiger partial charge in [-0.2, -0.15) is 0 Å². The predicted octanol–water partition coefficient (Wildman–Crippen LogP) is 4.31. The van der Waals surface area contributed by atoms with Gasteiger partial charge in [-0.15, -0.1) is 0 Å². The Kier molecular flexibility index (Phi) is 26.6. The van der Waals surface area contributed by atoms with Crippen LogP contribution in [0.15, 0.2) is 36.5 Å². The molecule has 0 aliphatic rings. The van der Waals surface area contributed by atoms with Crippen molar-refractivity contribution in [3.63, 3.8) is 0 Å². The number of rotatable bonds is 25. The van der Waals surface area contributed by atoms with Crippen molar-refractivity contribution in [1.82, 2.24) is 0 Å². The molecule has 6 nitrogen and oxygen atoms in total. The summed E-state index contributed by atoms with van der Waals surface area (Å²) in [5.41, 5.74) is 0. The molecule has 0 radical (unpaired) electrons. The Morgan fingerprint density at radius 3 is 1.82 bits per heavy atom. The van der Waals surface area contributed by atoms with Crippen LogP contribution in [0.3, 0.4) is 0 Å². The average molecular weight is 483 g/mol. The van der Waals surface area contributed by atoms with E-state index in [1.54, 1.807) is 0 Å². The van der Waals surface area contributed by atoms with Crippen molar-refractivity contribution >= 4 is 5.97 Å². The quantitative estimate of drug-likeness (QED) is 0.119.